The number of hydrogen-bond acceptors (Lipinski definition) is 3. The minimum absolute atomic E-state index is 0.280. The SMILES string of the molecule is CC(C(=O)O)S(=O)CC1CCOC1. The van der Waals surface area contributed by atoms with E-state index in [4.69, 9.17) is 9.84 Å². The second-order valence-corrected chi connectivity index (χ2v) is 5.06. The minimum atomic E-state index is -1.26. The molecule has 0 aromatic rings. The Morgan fingerprint density at radius 2 is 2.46 bits per heavy atom. The van der Waals surface area contributed by atoms with E-state index in [1.807, 2.05) is 0 Å². The standard InChI is InChI=1S/C8H14O4S/c1-6(8(9)10)13(11)5-7-2-3-12-4-7/h6-7H,2-5H2,1H3,(H,9,10). The van der Waals surface area contributed by atoms with Gasteiger partial charge in [-0.1, -0.05) is 0 Å². The van der Waals surface area contributed by atoms with E-state index >= 15 is 0 Å². The molecular formula is C8H14O4S. The van der Waals surface area contributed by atoms with Crippen molar-refractivity contribution in [3.63, 3.8) is 0 Å². The molecule has 5 heteroatoms. The van der Waals surface area contributed by atoms with E-state index < -0.39 is 22.0 Å². The first kappa shape index (κ1) is 10.7. The largest absolute Gasteiger partial charge is 0.480 e. The highest BCUT2D eigenvalue weighted by Gasteiger charge is 2.24. The van der Waals surface area contributed by atoms with E-state index in [9.17, 15) is 9.00 Å². The van der Waals surface area contributed by atoms with E-state index in [0.29, 0.717) is 19.0 Å². The maximum atomic E-state index is 11.4. The topological polar surface area (TPSA) is 63.6 Å². The molecule has 3 unspecified atom stereocenters. The van der Waals surface area contributed by atoms with Gasteiger partial charge in [-0.2, -0.15) is 0 Å². The van der Waals surface area contributed by atoms with Crippen LogP contribution in [-0.2, 0) is 20.3 Å². The molecule has 1 fully saturated rings. The quantitative estimate of drug-likeness (QED) is 0.716. The van der Waals surface area contributed by atoms with Crippen molar-refractivity contribution >= 4 is 16.8 Å². The molecule has 0 aromatic carbocycles. The molecule has 0 amide bonds. The monoisotopic (exact) mass is 206 g/mol. The first-order valence-electron chi connectivity index (χ1n) is 4.29. The smallest absolute Gasteiger partial charge is 0.318 e. The summed E-state index contributed by atoms with van der Waals surface area (Å²) in [6, 6.07) is 0. The van der Waals surface area contributed by atoms with Crippen LogP contribution in [0.25, 0.3) is 0 Å². The van der Waals surface area contributed by atoms with Crippen LogP contribution in [-0.4, -0.2) is 39.5 Å². The fraction of sp³-hybridized carbons (Fsp3) is 0.875. The van der Waals surface area contributed by atoms with Gasteiger partial charge in [-0.25, -0.2) is 0 Å². The Morgan fingerprint density at radius 3 is 2.92 bits per heavy atom. The predicted molar refractivity (Wildman–Crippen MR) is 49.0 cm³/mol. The zero-order chi connectivity index (χ0) is 9.84. The van der Waals surface area contributed by atoms with Crippen molar-refractivity contribution < 1.29 is 18.8 Å². The van der Waals surface area contributed by atoms with Gasteiger partial charge in [0.05, 0.1) is 6.61 Å². The summed E-state index contributed by atoms with van der Waals surface area (Å²) in [5.74, 6) is -0.257. The molecule has 0 bridgehead atoms. The lowest BCUT2D eigenvalue weighted by molar-refractivity contribution is -0.136. The highest BCUT2D eigenvalue weighted by Crippen LogP contribution is 2.14. The first-order chi connectivity index (χ1) is 6.11. The summed E-state index contributed by atoms with van der Waals surface area (Å²) in [7, 11) is -1.26. The molecule has 1 aliphatic rings. The molecule has 4 nitrogen and oxygen atoms in total. The van der Waals surface area contributed by atoms with Crippen molar-refractivity contribution in [1.29, 1.82) is 0 Å². The number of hydrogen-bond donors (Lipinski definition) is 1. The van der Waals surface area contributed by atoms with Gasteiger partial charge in [-0.15, -0.1) is 0 Å². The van der Waals surface area contributed by atoms with Crippen LogP contribution in [0.2, 0.25) is 0 Å². The highest BCUT2D eigenvalue weighted by atomic mass is 32.2. The van der Waals surface area contributed by atoms with E-state index in [-0.39, 0.29) is 5.92 Å². The third kappa shape index (κ3) is 3.08. The number of ether oxygens (including phenoxy) is 1. The maximum absolute atomic E-state index is 11.4. The molecule has 0 radical (unpaired) electrons. The van der Waals surface area contributed by atoms with Crippen LogP contribution in [0, 0.1) is 5.92 Å². The molecule has 76 valence electrons. The molecule has 0 spiro atoms. The van der Waals surface area contributed by atoms with E-state index in [0.717, 1.165) is 6.42 Å². The van der Waals surface area contributed by atoms with Crippen LogP contribution < -0.4 is 0 Å². The van der Waals surface area contributed by atoms with Gasteiger partial charge in [-0.05, 0) is 19.3 Å². The fourth-order valence-corrected chi connectivity index (χ4v) is 2.44. The average molecular weight is 206 g/mol. The van der Waals surface area contributed by atoms with E-state index in [2.05, 4.69) is 0 Å². The number of carbonyl (C=O) groups is 1. The molecular weight excluding hydrogens is 192 g/mol. The Kier molecular flexibility index (Phi) is 3.87. The molecule has 0 saturated carbocycles. The van der Waals surface area contributed by atoms with Crippen LogP contribution in [0.4, 0.5) is 0 Å². The van der Waals surface area contributed by atoms with Gasteiger partial charge in [0.1, 0.15) is 5.25 Å². The third-order valence-electron chi connectivity index (χ3n) is 2.17. The molecule has 13 heavy (non-hydrogen) atoms. The zero-order valence-corrected chi connectivity index (χ0v) is 8.38. The molecule has 1 heterocycles. The lowest BCUT2D eigenvalue weighted by atomic mass is 10.2. The lowest BCUT2D eigenvalue weighted by Gasteiger charge is -2.09. The summed E-state index contributed by atoms with van der Waals surface area (Å²) >= 11 is 0. The van der Waals surface area contributed by atoms with Gasteiger partial charge in [0.15, 0.2) is 0 Å². The van der Waals surface area contributed by atoms with E-state index in [1.165, 1.54) is 6.92 Å². The van der Waals surface area contributed by atoms with Crippen molar-refractivity contribution in [3.8, 4) is 0 Å². The number of carboxylic acid groups (broad SMARTS) is 1. The minimum Gasteiger partial charge on any atom is -0.480 e. The van der Waals surface area contributed by atoms with Crippen molar-refractivity contribution in [2.24, 2.45) is 5.92 Å². The normalized spacial score (nSPS) is 27.0. The van der Waals surface area contributed by atoms with Crippen LogP contribution in [0.1, 0.15) is 13.3 Å². The van der Waals surface area contributed by atoms with Crippen LogP contribution in [0.3, 0.4) is 0 Å². The average Bonchev–Trinajstić information content (AvgIpc) is 2.55. The summed E-state index contributed by atoms with van der Waals surface area (Å²) in [5.41, 5.74) is 0. The first-order valence-corrected chi connectivity index (χ1v) is 5.67. The summed E-state index contributed by atoms with van der Waals surface area (Å²) < 4.78 is 16.5. The molecule has 0 aromatic heterocycles. The summed E-state index contributed by atoms with van der Waals surface area (Å²) in [5, 5.41) is 7.84. The molecule has 0 aliphatic carbocycles. The van der Waals surface area contributed by atoms with Crippen molar-refractivity contribution in [1.82, 2.24) is 0 Å². The van der Waals surface area contributed by atoms with E-state index in [1.54, 1.807) is 0 Å². The predicted octanol–water partition coefficient (Wildman–Crippen LogP) is 0.245. The van der Waals surface area contributed by atoms with Crippen molar-refractivity contribution in [2.75, 3.05) is 19.0 Å². The highest BCUT2D eigenvalue weighted by molar-refractivity contribution is 7.86. The second kappa shape index (κ2) is 4.72. The Labute approximate surface area is 79.7 Å². The Balaban J connectivity index is 2.35. The van der Waals surface area contributed by atoms with Crippen LogP contribution >= 0.6 is 0 Å². The summed E-state index contributed by atoms with van der Waals surface area (Å²) in [6.07, 6.45) is 0.901. The number of carboxylic acids is 1. The Morgan fingerprint density at radius 1 is 1.77 bits per heavy atom. The van der Waals surface area contributed by atoms with Gasteiger partial charge < -0.3 is 9.84 Å². The van der Waals surface area contributed by atoms with Gasteiger partial charge in [0.25, 0.3) is 0 Å². The Hall–Kier alpha value is -0.420. The van der Waals surface area contributed by atoms with Crippen LogP contribution in [0.5, 0.6) is 0 Å². The summed E-state index contributed by atoms with van der Waals surface area (Å²) in [4.78, 5) is 10.5. The fourth-order valence-electron chi connectivity index (χ4n) is 1.20. The summed E-state index contributed by atoms with van der Waals surface area (Å²) in [6.45, 7) is 2.82. The van der Waals surface area contributed by atoms with Gasteiger partial charge >= 0.3 is 5.97 Å². The number of rotatable bonds is 4. The maximum Gasteiger partial charge on any atom is 0.318 e. The molecule has 1 rings (SSSR count). The Bertz CT molecular complexity index is 210. The van der Waals surface area contributed by atoms with Gasteiger partial charge in [0.2, 0.25) is 0 Å². The molecule has 1 N–H and O–H groups in total. The van der Waals surface area contributed by atoms with Crippen LogP contribution in [0.15, 0.2) is 0 Å². The zero-order valence-electron chi connectivity index (χ0n) is 7.56. The van der Waals surface area contributed by atoms with Crippen molar-refractivity contribution in [2.45, 2.75) is 18.6 Å². The second-order valence-electron chi connectivity index (χ2n) is 3.26. The molecule has 1 aliphatic heterocycles. The lowest BCUT2D eigenvalue weighted by Crippen LogP contribution is -2.26. The third-order valence-corrected chi connectivity index (χ3v) is 3.96. The molecule has 1 saturated heterocycles. The van der Waals surface area contributed by atoms with Gasteiger partial charge in [0, 0.05) is 23.2 Å². The number of aliphatic carboxylic acids is 1. The molecule has 3 atom stereocenters. The van der Waals surface area contributed by atoms with Crippen molar-refractivity contribution in [3.05, 3.63) is 0 Å². The van der Waals surface area contributed by atoms with Gasteiger partial charge in [-0.3, -0.25) is 9.00 Å².